The van der Waals surface area contributed by atoms with Gasteiger partial charge >= 0.3 is 0 Å². The quantitative estimate of drug-likeness (QED) is 0.593. The summed E-state index contributed by atoms with van der Waals surface area (Å²) >= 11 is 0. The van der Waals surface area contributed by atoms with Crippen molar-refractivity contribution in [1.82, 2.24) is 0 Å². The van der Waals surface area contributed by atoms with Gasteiger partial charge in [0.2, 0.25) is 0 Å². The van der Waals surface area contributed by atoms with Crippen LogP contribution in [0, 0.1) is 0 Å². The molecule has 2 aromatic rings. The Balaban J connectivity index is 1.94. The van der Waals surface area contributed by atoms with Gasteiger partial charge in [-0.1, -0.05) is 100 Å². The van der Waals surface area contributed by atoms with Crippen molar-refractivity contribution in [2.24, 2.45) is 0 Å². The van der Waals surface area contributed by atoms with E-state index in [1.54, 1.807) is 0 Å². The smallest absolute Gasteiger partial charge is 0.0521 e. The van der Waals surface area contributed by atoms with Crippen LogP contribution in [-0.2, 0) is 17.9 Å². The van der Waals surface area contributed by atoms with Gasteiger partial charge in [-0.25, -0.2) is 0 Å². The van der Waals surface area contributed by atoms with Gasteiger partial charge in [-0.05, 0) is 29.0 Å². The number of aryl methyl sites for hydroxylation is 1. The topological polar surface area (TPSA) is 0 Å². The normalized spacial score (nSPS) is 12.4. The predicted molar refractivity (Wildman–Crippen MR) is 101 cm³/mol. The number of hydrogen-bond donors (Lipinski definition) is 0. The molecule has 0 spiro atoms. The Hall–Kier alpha value is -1.34. The van der Waals surface area contributed by atoms with Crippen LogP contribution >= 0.6 is 0 Å². The molecular formula is C21H30Si. The molecule has 22 heavy (non-hydrogen) atoms. The first-order valence-electron chi connectivity index (χ1n) is 8.40. The third-order valence-corrected chi connectivity index (χ3v) is 7.40. The number of hydrogen-bond acceptors (Lipinski definition) is 0. The maximum atomic E-state index is 2.52. The van der Waals surface area contributed by atoms with Crippen LogP contribution in [-0.4, -0.2) is 8.07 Å². The summed E-state index contributed by atoms with van der Waals surface area (Å²) in [7, 11) is -1.18. The van der Waals surface area contributed by atoms with Gasteiger partial charge in [0.15, 0.2) is 0 Å². The van der Waals surface area contributed by atoms with Crippen LogP contribution in [0.1, 0.15) is 37.5 Å². The van der Waals surface area contributed by atoms with Crippen molar-refractivity contribution in [3.63, 3.8) is 0 Å². The summed E-state index contributed by atoms with van der Waals surface area (Å²) in [4.78, 5) is 0. The van der Waals surface area contributed by atoms with Gasteiger partial charge in [-0.3, -0.25) is 0 Å². The van der Waals surface area contributed by atoms with Crippen molar-refractivity contribution in [2.75, 3.05) is 0 Å². The summed E-state index contributed by atoms with van der Waals surface area (Å²) in [6.45, 7) is 11.9. The highest BCUT2D eigenvalue weighted by Crippen LogP contribution is 2.24. The largest absolute Gasteiger partial charge is 0.0691 e. The van der Waals surface area contributed by atoms with Crippen LogP contribution < -0.4 is 0 Å². The third kappa shape index (κ3) is 5.13. The van der Waals surface area contributed by atoms with Crippen LogP contribution in [0.2, 0.25) is 19.1 Å². The Labute approximate surface area is 137 Å². The van der Waals surface area contributed by atoms with Crippen molar-refractivity contribution in [2.45, 2.75) is 57.8 Å². The molecule has 0 saturated heterocycles. The molecule has 0 aliphatic heterocycles. The van der Waals surface area contributed by atoms with Crippen LogP contribution in [0.3, 0.4) is 0 Å². The lowest BCUT2D eigenvalue weighted by molar-refractivity contribution is 0.590. The van der Waals surface area contributed by atoms with Gasteiger partial charge in [0.05, 0.1) is 8.07 Å². The van der Waals surface area contributed by atoms with Gasteiger partial charge in [0.1, 0.15) is 0 Å². The fraction of sp³-hybridized carbons (Fsp3) is 0.429. The zero-order valence-corrected chi connectivity index (χ0v) is 15.8. The summed E-state index contributed by atoms with van der Waals surface area (Å²) in [5.41, 5.74) is 4.67. The molecule has 0 aliphatic carbocycles. The van der Waals surface area contributed by atoms with E-state index in [1.807, 2.05) is 0 Å². The van der Waals surface area contributed by atoms with E-state index in [1.165, 1.54) is 35.2 Å². The van der Waals surface area contributed by atoms with Gasteiger partial charge < -0.3 is 0 Å². The Morgan fingerprint density at radius 3 is 1.91 bits per heavy atom. The zero-order chi connectivity index (χ0) is 16.2. The molecule has 0 bridgehead atoms. The summed E-state index contributed by atoms with van der Waals surface area (Å²) < 4.78 is 0. The predicted octanol–water partition coefficient (Wildman–Crippen LogP) is 6.02. The highest BCUT2D eigenvalue weighted by molar-refractivity contribution is 6.76. The summed E-state index contributed by atoms with van der Waals surface area (Å²) in [6, 6.07) is 22.9. The highest BCUT2D eigenvalue weighted by Gasteiger charge is 2.21. The van der Waals surface area contributed by atoms with Crippen LogP contribution in [0.15, 0.2) is 54.6 Å². The Morgan fingerprint density at radius 1 is 0.773 bits per heavy atom. The van der Waals surface area contributed by atoms with Crippen LogP contribution in [0.5, 0.6) is 0 Å². The average molecular weight is 311 g/mol. The van der Waals surface area contributed by atoms with E-state index in [0.717, 1.165) is 0 Å². The lowest BCUT2D eigenvalue weighted by Crippen LogP contribution is -2.29. The van der Waals surface area contributed by atoms with Crippen LogP contribution in [0.25, 0.3) is 0 Å². The molecule has 0 atom stereocenters. The second-order valence-electron chi connectivity index (χ2n) is 8.27. The molecule has 118 valence electrons. The molecule has 0 saturated carbocycles. The number of benzene rings is 2. The molecular weight excluding hydrogens is 280 g/mol. The van der Waals surface area contributed by atoms with Gasteiger partial charge in [-0.15, -0.1) is 0 Å². The van der Waals surface area contributed by atoms with Crippen molar-refractivity contribution in [3.8, 4) is 0 Å². The van der Waals surface area contributed by atoms with Gasteiger partial charge in [0.25, 0.3) is 0 Å². The minimum Gasteiger partial charge on any atom is -0.0691 e. The zero-order valence-electron chi connectivity index (χ0n) is 14.8. The second-order valence-corrected chi connectivity index (χ2v) is 13.5. The Bertz CT molecular complexity index is 574. The third-order valence-electron chi connectivity index (χ3n) is 4.44. The Morgan fingerprint density at radius 2 is 1.36 bits per heavy atom. The fourth-order valence-electron chi connectivity index (χ4n) is 2.89. The van der Waals surface area contributed by atoms with Crippen molar-refractivity contribution < 1.29 is 0 Å². The Kier molecular flexibility index (Phi) is 5.28. The first-order valence-corrected chi connectivity index (χ1v) is 11.8. The molecule has 0 amide bonds. The lowest BCUT2D eigenvalue weighted by Gasteiger charge is -2.23. The maximum Gasteiger partial charge on any atom is 0.0521 e. The molecule has 0 radical (unpaired) electrons. The summed E-state index contributed by atoms with van der Waals surface area (Å²) in [5, 5.41) is 0. The second kappa shape index (κ2) is 6.83. The van der Waals surface area contributed by atoms with E-state index in [9.17, 15) is 0 Å². The maximum absolute atomic E-state index is 2.52. The molecule has 2 rings (SSSR count). The standard InChI is InChI=1S/C21H30Si/c1-21(2,3)20-13-11-18(12-14-20)15-16-22(4,5)17-19-9-7-6-8-10-19/h6-14H,15-17H2,1-5H3. The molecule has 0 unspecified atom stereocenters. The van der Waals surface area contributed by atoms with Crippen molar-refractivity contribution >= 4 is 8.07 Å². The van der Waals surface area contributed by atoms with E-state index in [0.29, 0.717) is 0 Å². The molecule has 1 heteroatoms. The summed E-state index contributed by atoms with van der Waals surface area (Å²) in [6.07, 6.45) is 1.22. The minimum atomic E-state index is -1.18. The molecule has 0 nitrogen and oxygen atoms in total. The van der Waals surface area contributed by atoms with E-state index in [4.69, 9.17) is 0 Å². The van der Waals surface area contributed by atoms with E-state index >= 15 is 0 Å². The van der Waals surface area contributed by atoms with E-state index in [2.05, 4.69) is 88.5 Å². The lowest BCUT2D eigenvalue weighted by atomic mass is 9.86. The monoisotopic (exact) mass is 310 g/mol. The minimum absolute atomic E-state index is 0.250. The molecule has 2 aromatic carbocycles. The van der Waals surface area contributed by atoms with Crippen LogP contribution in [0.4, 0.5) is 0 Å². The first kappa shape index (κ1) is 17.0. The van der Waals surface area contributed by atoms with Crippen molar-refractivity contribution in [1.29, 1.82) is 0 Å². The molecule has 0 N–H and O–H groups in total. The van der Waals surface area contributed by atoms with Crippen molar-refractivity contribution in [3.05, 3.63) is 71.3 Å². The fourth-order valence-corrected chi connectivity index (χ4v) is 5.37. The summed E-state index contributed by atoms with van der Waals surface area (Å²) in [5.74, 6) is 0. The van der Waals surface area contributed by atoms with E-state index < -0.39 is 8.07 Å². The van der Waals surface area contributed by atoms with E-state index in [-0.39, 0.29) is 5.41 Å². The molecule has 0 aromatic heterocycles. The average Bonchev–Trinajstić information content (AvgIpc) is 2.45. The van der Waals surface area contributed by atoms with Gasteiger partial charge in [-0.2, -0.15) is 0 Å². The number of rotatable bonds is 5. The molecule has 0 fully saturated rings. The SMILES string of the molecule is CC(C)(C)c1ccc(CC[Si](C)(C)Cc2ccccc2)cc1. The first-order chi connectivity index (χ1) is 10.3. The van der Waals surface area contributed by atoms with Gasteiger partial charge in [0, 0.05) is 0 Å². The molecule has 0 aliphatic rings. The molecule has 0 heterocycles. The highest BCUT2D eigenvalue weighted by atomic mass is 28.3.